The van der Waals surface area contributed by atoms with E-state index in [-0.39, 0.29) is 29.6 Å². The molecule has 0 aromatic rings. The Kier molecular flexibility index (Phi) is 14.0. The summed E-state index contributed by atoms with van der Waals surface area (Å²) in [7, 11) is 5.82. The number of piperidine rings is 2. The van der Waals surface area contributed by atoms with Gasteiger partial charge in [0.15, 0.2) is 0 Å². The Balaban J connectivity index is 0.000000240. The average Bonchev–Trinajstić information content (AvgIpc) is 3.30. The molecular formula is C23H46N6O3. The van der Waals surface area contributed by atoms with Crippen LogP contribution in [0.4, 0.5) is 0 Å². The summed E-state index contributed by atoms with van der Waals surface area (Å²) in [5, 5.41) is 19.1. The molecule has 3 aliphatic rings. The third kappa shape index (κ3) is 10.6. The van der Waals surface area contributed by atoms with Crippen LogP contribution in [0.15, 0.2) is 0 Å². The van der Waals surface area contributed by atoms with Gasteiger partial charge in [-0.05, 0) is 74.1 Å². The lowest BCUT2D eigenvalue weighted by Crippen LogP contribution is -2.48. The van der Waals surface area contributed by atoms with E-state index in [4.69, 9.17) is 0 Å². The van der Waals surface area contributed by atoms with Gasteiger partial charge in [-0.1, -0.05) is 0 Å². The highest BCUT2D eigenvalue weighted by Crippen LogP contribution is 2.11. The van der Waals surface area contributed by atoms with Crippen molar-refractivity contribution in [3.05, 3.63) is 0 Å². The molecule has 3 rings (SSSR count). The monoisotopic (exact) mass is 454 g/mol. The molecule has 0 radical (unpaired) electrons. The van der Waals surface area contributed by atoms with E-state index in [0.29, 0.717) is 23.9 Å². The Morgan fingerprint density at radius 3 is 1.66 bits per heavy atom. The molecule has 6 atom stereocenters. The predicted octanol–water partition coefficient (Wildman–Crippen LogP) is -0.786. The first-order valence-corrected chi connectivity index (χ1v) is 11.9. The summed E-state index contributed by atoms with van der Waals surface area (Å²) in [5.74, 6) is 1.03. The SMILES string of the molecule is CNC1CCNC(C(C)=O)C1.CNC1CNC(C(C)=O)C1.CNC1CNCC(C(C)=O)C1. The van der Waals surface area contributed by atoms with Gasteiger partial charge in [0.05, 0.1) is 12.1 Å². The second-order valence-corrected chi connectivity index (χ2v) is 9.11. The number of likely N-dealkylation sites (N-methyl/N-ethyl adjacent to an activating group) is 2. The number of nitrogens with one attached hydrogen (secondary N) is 6. The molecule has 6 N–H and O–H groups in total. The van der Waals surface area contributed by atoms with Gasteiger partial charge in [-0.15, -0.1) is 0 Å². The van der Waals surface area contributed by atoms with Gasteiger partial charge < -0.3 is 31.9 Å². The van der Waals surface area contributed by atoms with Gasteiger partial charge >= 0.3 is 0 Å². The van der Waals surface area contributed by atoms with Crippen molar-refractivity contribution in [1.29, 1.82) is 0 Å². The zero-order chi connectivity index (χ0) is 24.1. The molecule has 6 unspecified atom stereocenters. The molecule has 3 heterocycles. The molecule has 3 aliphatic heterocycles. The molecule has 0 aliphatic carbocycles. The minimum atomic E-state index is 0.0844. The molecule has 0 aromatic carbocycles. The van der Waals surface area contributed by atoms with E-state index in [1.54, 1.807) is 20.8 Å². The van der Waals surface area contributed by atoms with Gasteiger partial charge in [0.1, 0.15) is 17.3 Å². The number of Topliss-reactive ketones (excluding diaryl/α,β-unsaturated/α-hetero) is 3. The zero-order valence-corrected chi connectivity index (χ0v) is 20.8. The van der Waals surface area contributed by atoms with Crippen LogP contribution in [-0.2, 0) is 14.4 Å². The lowest BCUT2D eigenvalue weighted by Gasteiger charge is -2.28. The molecule has 9 nitrogen and oxygen atoms in total. The molecule has 0 aromatic heterocycles. The molecule has 32 heavy (non-hydrogen) atoms. The van der Waals surface area contributed by atoms with E-state index < -0.39 is 0 Å². The van der Waals surface area contributed by atoms with E-state index in [0.717, 1.165) is 51.9 Å². The van der Waals surface area contributed by atoms with E-state index >= 15 is 0 Å². The van der Waals surface area contributed by atoms with Crippen LogP contribution >= 0.6 is 0 Å². The maximum Gasteiger partial charge on any atom is 0.146 e. The smallest absolute Gasteiger partial charge is 0.146 e. The first-order valence-electron chi connectivity index (χ1n) is 11.9. The van der Waals surface area contributed by atoms with Crippen molar-refractivity contribution in [3.63, 3.8) is 0 Å². The molecule has 9 heteroatoms. The van der Waals surface area contributed by atoms with Gasteiger partial charge in [0.25, 0.3) is 0 Å². The fourth-order valence-electron chi connectivity index (χ4n) is 4.23. The van der Waals surface area contributed by atoms with E-state index in [1.807, 2.05) is 21.1 Å². The summed E-state index contributed by atoms with van der Waals surface area (Å²) in [6.07, 6.45) is 3.98. The van der Waals surface area contributed by atoms with E-state index in [1.165, 1.54) is 0 Å². The van der Waals surface area contributed by atoms with Gasteiger partial charge in [-0.3, -0.25) is 14.4 Å². The van der Waals surface area contributed by atoms with Gasteiger partial charge in [-0.2, -0.15) is 0 Å². The summed E-state index contributed by atoms with van der Waals surface area (Å²) < 4.78 is 0. The summed E-state index contributed by atoms with van der Waals surface area (Å²) in [6.45, 7) is 8.67. The first kappa shape index (κ1) is 28.8. The Morgan fingerprint density at radius 2 is 1.19 bits per heavy atom. The standard InChI is InChI=1S/2C8H16N2O.C7H14N2O/c1-6(11)7-3-8(9-2)5-10-4-7;1-6(11)8-5-7(9-2)3-4-10-8;1-5(10)7-3-6(8-2)4-9-7/h2*7-10H,3-5H2,1-2H3;6-9H,3-4H2,1-2H3. The Bertz CT molecular complexity index is 554. The fraction of sp³-hybridized carbons (Fsp3) is 0.870. The third-order valence-electron chi connectivity index (χ3n) is 6.67. The number of ketones is 3. The largest absolute Gasteiger partial charge is 0.317 e. The Morgan fingerprint density at radius 1 is 0.656 bits per heavy atom. The third-order valence-corrected chi connectivity index (χ3v) is 6.67. The maximum absolute atomic E-state index is 11.0. The molecule has 0 bridgehead atoms. The minimum absolute atomic E-state index is 0.0844. The lowest BCUT2D eigenvalue weighted by atomic mass is 9.93. The van der Waals surface area contributed by atoms with Gasteiger partial charge in [-0.25, -0.2) is 0 Å². The van der Waals surface area contributed by atoms with E-state index in [2.05, 4.69) is 31.9 Å². The van der Waals surface area contributed by atoms with Crippen molar-refractivity contribution in [2.75, 3.05) is 47.3 Å². The van der Waals surface area contributed by atoms with Crippen molar-refractivity contribution >= 4 is 17.3 Å². The summed E-state index contributed by atoms with van der Waals surface area (Å²) in [6, 6.07) is 1.65. The second kappa shape index (κ2) is 15.6. The van der Waals surface area contributed by atoms with Crippen LogP contribution in [0.5, 0.6) is 0 Å². The van der Waals surface area contributed by atoms with Crippen LogP contribution < -0.4 is 31.9 Å². The Labute approximate surface area is 194 Å². The van der Waals surface area contributed by atoms with Crippen molar-refractivity contribution in [2.45, 2.75) is 76.7 Å². The average molecular weight is 455 g/mol. The van der Waals surface area contributed by atoms with E-state index in [9.17, 15) is 14.4 Å². The highest BCUT2D eigenvalue weighted by atomic mass is 16.1. The number of rotatable bonds is 6. The van der Waals surface area contributed by atoms with Gasteiger partial charge in [0, 0.05) is 43.7 Å². The predicted molar refractivity (Wildman–Crippen MR) is 129 cm³/mol. The molecule has 0 saturated carbocycles. The van der Waals surface area contributed by atoms with Crippen LogP contribution in [0, 0.1) is 5.92 Å². The highest BCUT2D eigenvalue weighted by Gasteiger charge is 2.25. The van der Waals surface area contributed by atoms with Crippen LogP contribution in [-0.4, -0.2) is 94.9 Å². The summed E-state index contributed by atoms with van der Waals surface area (Å²) >= 11 is 0. The molecule has 186 valence electrons. The van der Waals surface area contributed by atoms with Crippen LogP contribution in [0.2, 0.25) is 0 Å². The lowest BCUT2D eigenvalue weighted by molar-refractivity contribution is -0.121. The van der Waals surface area contributed by atoms with Crippen molar-refractivity contribution in [2.24, 2.45) is 5.92 Å². The summed E-state index contributed by atoms with van der Waals surface area (Å²) in [4.78, 5) is 32.8. The van der Waals surface area contributed by atoms with Gasteiger partial charge in [0.2, 0.25) is 0 Å². The normalized spacial score (nSPS) is 32.1. The number of hydrogen-bond acceptors (Lipinski definition) is 9. The van der Waals surface area contributed by atoms with Crippen LogP contribution in [0.25, 0.3) is 0 Å². The topological polar surface area (TPSA) is 123 Å². The minimum Gasteiger partial charge on any atom is -0.317 e. The van der Waals surface area contributed by atoms with Crippen molar-refractivity contribution in [3.8, 4) is 0 Å². The number of carbonyl (C=O) groups excluding carboxylic acids is 3. The first-order chi connectivity index (χ1) is 15.2. The molecule has 0 amide bonds. The van der Waals surface area contributed by atoms with Crippen molar-refractivity contribution < 1.29 is 14.4 Å². The molecule has 0 spiro atoms. The highest BCUT2D eigenvalue weighted by molar-refractivity contribution is 5.82. The van der Waals surface area contributed by atoms with Crippen molar-refractivity contribution in [1.82, 2.24) is 31.9 Å². The Hall–Kier alpha value is -1.23. The summed E-state index contributed by atoms with van der Waals surface area (Å²) in [5.41, 5.74) is 0. The zero-order valence-electron chi connectivity index (χ0n) is 20.8. The fourth-order valence-corrected chi connectivity index (χ4v) is 4.23. The van der Waals surface area contributed by atoms with Crippen LogP contribution in [0.1, 0.15) is 46.5 Å². The number of carbonyl (C=O) groups is 3. The second-order valence-electron chi connectivity index (χ2n) is 9.11. The molecular weight excluding hydrogens is 408 g/mol. The maximum atomic E-state index is 11.0. The quantitative estimate of drug-likeness (QED) is 0.307. The van der Waals surface area contributed by atoms with Crippen LogP contribution in [0.3, 0.4) is 0 Å². The molecule has 3 fully saturated rings. The molecule has 3 saturated heterocycles. The number of hydrogen-bond donors (Lipinski definition) is 6.